The van der Waals surface area contributed by atoms with Gasteiger partial charge in [0.15, 0.2) is 0 Å². The molecular formula is C11H22N2O3S. The van der Waals surface area contributed by atoms with Crippen LogP contribution in [0.5, 0.6) is 0 Å². The van der Waals surface area contributed by atoms with Crippen molar-refractivity contribution in [3.8, 4) is 0 Å². The van der Waals surface area contributed by atoms with Crippen LogP contribution in [0.4, 0.5) is 0 Å². The highest BCUT2D eigenvalue weighted by Crippen LogP contribution is 2.20. The van der Waals surface area contributed by atoms with Gasteiger partial charge in [0.2, 0.25) is 10.0 Å². The minimum Gasteiger partial charge on any atom is -0.391 e. The highest BCUT2D eigenvalue weighted by atomic mass is 32.2. The fourth-order valence-electron chi connectivity index (χ4n) is 2.63. The number of hydrogen-bond donors (Lipinski definition) is 3. The third-order valence-electron chi connectivity index (χ3n) is 3.75. The van der Waals surface area contributed by atoms with E-state index < -0.39 is 16.1 Å². The Labute approximate surface area is 103 Å². The molecule has 3 N–H and O–H groups in total. The van der Waals surface area contributed by atoms with Crippen LogP contribution < -0.4 is 10.0 Å². The van der Waals surface area contributed by atoms with E-state index in [1.165, 1.54) is 0 Å². The maximum atomic E-state index is 12.1. The molecule has 1 saturated carbocycles. The van der Waals surface area contributed by atoms with Crippen LogP contribution in [-0.4, -0.2) is 44.0 Å². The van der Waals surface area contributed by atoms with E-state index in [-0.39, 0.29) is 11.3 Å². The Morgan fingerprint density at radius 1 is 1.12 bits per heavy atom. The molecule has 1 saturated heterocycles. The van der Waals surface area contributed by atoms with Gasteiger partial charge in [-0.05, 0) is 25.8 Å². The predicted octanol–water partition coefficient (Wildman–Crippen LogP) is -0.0387. The molecular weight excluding hydrogens is 240 g/mol. The molecule has 1 aliphatic carbocycles. The standard InChI is InChI=1S/C11H22N2O3S/c14-11-5-3-1-2-4-10(11)13-17(15,16)9-6-7-12-8-9/h9-14H,1-8H2. The van der Waals surface area contributed by atoms with Crippen molar-refractivity contribution in [1.82, 2.24) is 10.0 Å². The van der Waals surface area contributed by atoms with Crippen LogP contribution in [0.2, 0.25) is 0 Å². The summed E-state index contributed by atoms with van der Waals surface area (Å²) in [5.74, 6) is 0. The quantitative estimate of drug-likeness (QED) is 0.624. The molecule has 0 aromatic heterocycles. The summed E-state index contributed by atoms with van der Waals surface area (Å²) in [7, 11) is -3.28. The average Bonchev–Trinajstić information content (AvgIpc) is 2.74. The van der Waals surface area contributed by atoms with E-state index in [0.717, 1.165) is 32.2 Å². The van der Waals surface area contributed by atoms with E-state index >= 15 is 0 Å². The Balaban J connectivity index is 1.98. The zero-order valence-corrected chi connectivity index (χ0v) is 10.9. The maximum Gasteiger partial charge on any atom is 0.216 e. The van der Waals surface area contributed by atoms with Crippen molar-refractivity contribution in [1.29, 1.82) is 0 Å². The van der Waals surface area contributed by atoms with Crippen LogP contribution in [0.15, 0.2) is 0 Å². The lowest BCUT2D eigenvalue weighted by Crippen LogP contribution is -2.46. The van der Waals surface area contributed by atoms with E-state index in [0.29, 0.717) is 19.4 Å². The van der Waals surface area contributed by atoms with E-state index in [4.69, 9.17) is 0 Å². The van der Waals surface area contributed by atoms with Gasteiger partial charge in [0.25, 0.3) is 0 Å². The fourth-order valence-corrected chi connectivity index (χ4v) is 4.28. The molecule has 2 aliphatic rings. The highest BCUT2D eigenvalue weighted by molar-refractivity contribution is 7.90. The number of aliphatic hydroxyl groups excluding tert-OH is 1. The van der Waals surface area contributed by atoms with Gasteiger partial charge in [-0.15, -0.1) is 0 Å². The van der Waals surface area contributed by atoms with Gasteiger partial charge < -0.3 is 10.4 Å². The summed E-state index contributed by atoms with van der Waals surface area (Å²) in [5.41, 5.74) is 0. The molecule has 100 valence electrons. The molecule has 1 heterocycles. The second-order valence-corrected chi connectivity index (χ2v) is 7.08. The van der Waals surface area contributed by atoms with Crippen molar-refractivity contribution in [3.05, 3.63) is 0 Å². The van der Waals surface area contributed by atoms with Crippen molar-refractivity contribution < 1.29 is 13.5 Å². The van der Waals surface area contributed by atoms with Crippen LogP contribution in [0.3, 0.4) is 0 Å². The van der Waals surface area contributed by atoms with Gasteiger partial charge in [0.1, 0.15) is 0 Å². The molecule has 0 bridgehead atoms. The summed E-state index contributed by atoms with van der Waals surface area (Å²) >= 11 is 0. The third kappa shape index (κ3) is 3.40. The van der Waals surface area contributed by atoms with Gasteiger partial charge in [0.05, 0.1) is 11.4 Å². The molecule has 1 aliphatic heterocycles. The largest absolute Gasteiger partial charge is 0.391 e. The van der Waals surface area contributed by atoms with Gasteiger partial charge in [-0.1, -0.05) is 19.3 Å². The number of sulfonamides is 1. The molecule has 0 aromatic rings. The first-order valence-electron chi connectivity index (χ1n) is 6.49. The fraction of sp³-hybridized carbons (Fsp3) is 1.00. The minimum atomic E-state index is -3.28. The van der Waals surface area contributed by atoms with Crippen LogP contribution in [0, 0.1) is 0 Å². The van der Waals surface area contributed by atoms with Crippen molar-refractivity contribution in [2.45, 2.75) is 55.9 Å². The van der Waals surface area contributed by atoms with E-state index in [9.17, 15) is 13.5 Å². The molecule has 0 radical (unpaired) electrons. The van der Waals surface area contributed by atoms with Gasteiger partial charge in [0, 0.05) is 12.6 Å². The molecule has 2 fully saturated rings. The number of rotatable bonds is 3. The minimum absolute atomic E-state index is 0.289. The van der Waals surface area contributed by atoms with Gasteiger partial charge in [-0.2, -0.15) is 0 Å². The second kappa shape index (κ2) is 5.65. The monoisotopic (exact) mass is 262 g/mol. The Hall–Kier alpha value is -0.170. The topological polar surface area (TPSA) is 78.4 Å². The first kappa shape index (κ1) is 13.3. The van der Waals surface area contributed by atoms with Crippen LogP contribution >= 0.6 is 0 Å². The van der Waals surface area contributed by atoms with Crippen molar-refractivity contribution >= 4 is 10.0 Å². The Kier molecular flexibility index (Phi) is 4.41. The van der Waals surface area contributed by atoms with Gasteiger partial charge in [-0.25, -0.2) is 13.1 Å². The molecule has 17 heavy (non-hydrogen) atoms. The molecule has 0 aromatic carbocycles. The van der Waals surface area contributed by atoms with E-state index in [1.54, 1.807) is 0 Å². The summed E-state index contributed by atoms with van der Waals surface area (Å²) in [5, 5.41) is 12.6. The van der Waals surface area contributed by atoms with Crippen molar-refractivity contribution in [2.24, 2.45) is 0 Å². The van der Waals surface area contributed by atoms with Crippen LogP contribution in [0.25, 0.3) is 0 Å². The summed E-state index contributed by atoms with van der Waals surface area (Å²) in [4.78, 5) is 0. The summed E-state index contributed by atoms with van der Waals surface area (Å²) in [6, 6.07) is -0.289. The molecule has 6 heteroatoms. The third-order valence-corrected chi connectivity index (χ3v) is 5.66. The van der Waals surface area contributed by atoms with Crippen molar-refractivity contribution in [3.63, 3.8) is 0 Å². The Morgan fingerprint density at radius 2 is 1.88 bits per heavy atom. The Morgan fingerprint density at radius 3 is 2.59 bits per heavy atom. The molecule has 3 unspecified atom stereocenters. The number of aliphatic hydroxyl groups is 1. The predicted molar refractivity (Wildman–Crippen MR) is 66.2 cm³/mol. The lowest BCUT2D eigenvalue weighted by atomic mass is 10.1. The SMILES string of the molecule is O=S(=O)(NC1CCCCCC1O)C1CCNC1. The zero-order chi connectivity index (χ0) is 12.3. The van der Waals surface area contributed by atoms with Gasteiger partial charge in [-0.3, -0.25) is 0 Å². The van der Waals surface area contributed by atoms with E-state index in [2.05, 4.69) is 10.0 Å². The highest BCUT2D eigenvalue weighted by Gasteiger charge is 2.33. The van der Waals surface area contributed by atoms with E-state index in [1.807, 2.05) is 0 Å². The van der Waals surface area contributed by atoms with Crippen LogP contribution in [-0.2, 0) is 10.0 Å². The first-order chi connectivity index (χ1) is 8.09. The van der Waals surface area contributed by atoms with Gasteiger partial charge >= 0.3 is 0 Å². The lowest BCUT2D eigenvalue weighted by Gasteiger charge is -2.23. The second-order valence-electron chi connectivity index (χ2n) is 5.09. The summed E-state index contributed by atoms with van der Waals surface area (Å²) < 4.78 is 26.9. The normalized spacial score (nSPS) is 35.7. The molecule has 3 atom stereocenters. The molecule has 5 nitrogen and oxygen atoms in total. The summed E-state index contributed by atoms with van der Waals surface area (Å²) in [6.07, 6.45) is 4.66. The van der Waals surface area contributed by atoms with Crippen molar-refractivity contribution in [2.75, 3.05) is 13.1 Å². The lowest BCUT2D eigenvalue weighted by molar-refractivity contribution is 0.130. The average molecular weight is 262 g/mol. The van der Waals surface area contributed by atoms with Crippen LogP contribution in [0.1, 0.15) is 38.5 Å². The maximum absolute atomic E-state index is 12.1. The zero-order valence-electron chi connectivity index (χ0n) is 10.1. The number of nitrogens with one attached hydrogen (secondary N) is 2. The smallest absolute Gasteiger partial charge is 0.216 e. The Bertz CT molecular complexity index is 339. The number of hydrogen-bond acceptors (Lipinski definition) is 4. The molecule has 0 amide bonds. The molecule has 2 rings (SSSR count). The molecule has 0 spiro atoms. The first-order valence-corrected chi connectivity index (χ1v) is 8.04. The summed E-state index contributed by atoms with van der Waals surface area (Å²) in [6.45, 7) is 1.29.